The van der Waals surface area contributed by atoms with Crippen molar-refractivity contribution in [2.75, 3.05) is 26.2 Å². The molecule has 33 heavy (non-hydrogen) atoms. The lowest BCUT2D eigenvalue weighted by Crippen LogP contribution is -2.55. The summed E-state index contributed by atoms with van der Waals surface area (Å²) in [5.74, 6) is 5.54. The Bertz CT molecular complexity index is 1100. The van der Waals surface area contributed by atoms with Gasteiger partial charge in [0.2, 0.25) is 0 Å². The Morgan fingerprint density at radius 2 is 2.09 bits per heavy atom. The van der Waals surface area contributed by atoms with Crippen molar-refractivity contribution in [1.29, 1.82) is 0 Å². The first-order chi connectivity index (χ1) is 15.5. The fraction of sp³-hybridized carbons (Fsp3) is 0.391. The average molecular weight is 456 g/mol. The van der Waals surface area contributed by atoms with Gasteiger partial charge >= 0.3 is 6.09 Å². The summed E-state index contributed by atoms with van der Waals surface area (Å²) in [5.41, 5.74) is -0.361. The quantitative estimate of drug-likeness (QED) is 0.398. The number of hydrogen-bond donors (Lipinski definition) is 1. The molecule has 1 saturated heterocycles. The Morgan fingerprint density at radius 1 is 1.36 bits per heavy atom. The van der Waals surface area contributed by atoms with Crippen molar-refractivity contribution in [2.45, 2.75) is 26.3 Å². The van der Waals surface area contributed by atoms with Crippen LogP contribution in [0.1, 0.15) is 26.3 Å². The largest absolute Gasteiger partial charge is 0.465 e. The zero-order valence-electron chi connectivity index (χ0n) is 18.6. The van der Waals surface area contributed by atoms with Crippen LogP contribution in [0.5, 0.6) is 11.5 Å². The number of halogens is 1. The summed E-state index contributed by atoms with van der Waals surface area (Å²) in [6.07, 6.45) is 2.06. The minimum atomic E-state index is -0.922. The predicted molar refractivity (Wildman–Crippen MR) is 119 cm³/mol. The Kier molecular flexibility index (Phi) is 7.13. The van der Waals surface area contributed by atoms with Crippen LogP contribution in [-0.2, 0) is 0 Å². The highest BCUT2D eigenvalue weighted by molar-refractivity contribution is 5.66. The molecule has 9 nitrogen and oxygen atoms in total. The van der Waals surface area contributed by atoms with Crippen LogP contribution in [0, 0.1) is 33.7 Å². The SMILES string of the molecule is CC(C)(C)N(CC1CN(CC#Cc2cnccc2Oc2ccc([N+](=O)[O-])cc2F)C1)C(=O)O. The van der Waals surface area contributed by atoms with Gasteiger partial charge in [-0.15, -0.1) is 0 Å². The number of pyridine rings is 1. The number of ether oxygens (including phenoxy) is 1. The summed E-state index contributed by atoms with van der Waals surface area (Å²) in [7, 11) is 0. The molecule has 174 valence electrons. The van der Waals surface area contributed by atoms with Crippen LogP contribution in [0.2, 0.25) is 0 Å². The van der Waals surface area contributed by atoms with Crippen LogP contribution in [-0.4, -0.2) is 62.6 Å². The summed E-state index contributed by atoms with van der Waals surface area (Å²) in [6, 6.07) is 4.70. The molecule has 0 aliphatic carbocycles. The second kappa shape index (κ2) is 9.83. The third-order valence-corrected chi connectivity index (χ3v) is 5.17. The maximum atomic E-state index is 14.2. The number of aromatic nitrogens is 1. The van der Waals surface area contributed by atoms with E-state index in [1.807, 2.05) is 20.8 Å². The van der Waals surface area contributed by atoms with Gasteiger partial charge in [-0.2, -0.15) is 0 Å². The van der Waals surface area contributed by atoms with Crippen LogP contribution in [0.15, 0.2) is 36.7 Å². The number of carboxylic acid groups (broad SMARTS) is 1. The number of benzene rings is 1. The Hall–Kier alpha value is -3.71. The number of rotatable bonds is 6. The molecule has 0 saturated carbocycles. The summed E-state index contributed by atoms with van der Waals surface area (Å²) < 4.78 is 19.7. The molecule has 1 N–H and O–H groups in total. The highest BCUT2D eigenvalue weighted by Gasteiger charge is 2.33. The molecule has 0 bridgehead atoms. The number of nitro groups is 1. The predicted octanol–water partition coefficient (Wildman–Crippen LogP) is 3.98. The molecule has 1 aromatic heterocycles. The summed E-state index contributed by atoms with van der Waals surface area (Å²) in [6.45, 7) is 8.08. The first kappa shape index (κ1) is 23.9. The molecule has 10 heteroatoms. The van der Waals surface area contributed by atoms with Crippen molar-refractivity contribution in [3.8, 4) is 23.3 Å². The molecule has 0 spiro atoms. The minimum absolute atomic E-state index is 0.151. The van der Waals surface area contributed by atoms with Gasteiger partial charge < -0.3 is 14.7 Å². The molecule has 1 aromatic carbocycles. The normalized spacial score (nSPS) is 14.1. The van der Waals surface area contributed by atoms with E-state index in [1.165, 1.54) is 29.4 Å². The van der Waals surface area contributed by atoms with Gasteiger partial charge in [0.05, 0.1) is 23.1 Å². The molecule has 2 heterocycles. The third-order valence-electron chi connectivity index (χ3n) is 5.17. The van der Waals surface area contributed by atoms with E-state index in [1.54, 1.807) is 0 Å². The number of likely N-dealkylation sites (tertiary alicyclic amines) is 1. The fourth-order valence-electron chi connectivity index (χ4n) is 3.43. The van der Waals surface area contributed by atoms with Gasteiger partial charge in [-0.1, -0.05) is 11.8 Å². The van der Waals surface area contributed by atoms with Gasteiger partial charge in [0.1, 0.15) is 5.75 Å². The Morgan fingerprint density at radius 3 is 2.70 bits per heavy atom. The molecule has 1 aliphatic rings. The lowest BCUT2D eigenvalue weighted by Gasteiger charge is -2.43. The smallest absolute Gasteiger partial charge is 0.407 e. The first-order valence-corrected chi connectivity index (χ1v) is 10.3. The molecule has 3 rings (SSSR count). The number of nitro benzene ring substituents is 1. The van der Waals surface area contributed by atoms with Crippen LogP contribution >= 0.6 is 0 Å². The van der Waals surface area contributed by atoms with Gasteiger partial charge in [-0.05, 0) is 26.8 Å². The molecule has 0 atom stereocenters. The standard InChI is InChI=1S/C23H25FN4O5/c1-23(2,3)27(22(29)30)15-16-13-26(14-16)10-4-5-17-12-25-9-8-20(17)33-21-7-6-18(28(31)32)11-19(21)24/h6-9,11-12,16H,10,13-15H2,1-3H3,(H,29,30). The lowest BCUT2D eigenvalue weighted by molar-refractivity contribution is -0.385. The number of hydrogen-bond acceptors (Lipinski definition) is 6. The zero-order chi connectivity index (χ0) is 24.2. The third kappa shape index (κ3) is 6.17. The number of non-ortho nitro benzene ring substituents is 1. The van der Waals surface area contributed by atoms with Crippen molar-refractivity contribution in [1.82, 2.24) is 14.8 Å². The second-order valence-corrected chi connectivity index (χ2v) is 8.77. The van der Waals surface area contributed by atoms with E-state index in [4.69, 9.17) is 4.74 Å². The van der Waals surface area contributed by atoms with Crippen molar-refractivity contribution in [3.05, 3.63) is 58.2 Å². The van der Waals surface area contributed by atoms with E-state index in [0.29, 0.717) is 18.7 Å². The highest BCUT2D eigenvalue weighted by atomic mass is 19.1. The Balaban J connectivity index is 1.59. The lowest BCUT2D eigenvalue weighted by atomic mass is 9.96. The second-order valence-electron chi connectivity index (χ2n) is 8.77. The Labute approximate surface area is 190 Å². The van der Waals surface area contributed by atoms with E-state index >= 15 is 0 Å². The van der Waals surface area contributed by atoms with E-state index in [2.05, 4.69) is 21.7 Å². The van der Waals surface area contributed by atoms with Crippen molar-refractivity contribution in [2.24, 2.45) is 5.92 Å². The first-order valence-electron chi connectivity index (χ1n) is 10.3. The van der Waals surface area contributed by atoms with Crippen LogP contribution in [0.3, 0.4) is 0 Å². The summed E-state index contributed by atoms with van der Waals surface area (Å²) in [5, 5.41) is 20.2. The minimum Gasteiger partial charge on any atom is -0.465 e. The molecular weight excluding hydrogens is 431 g/mol. The average Bonchev–Trinajstić information content (AvgIpc) is 2.70. The molecule has 0 radical (unpaired) electrons. The molecule has 1 aliphatic heterocycles. The van der Waals surface area contributed by atoms with E-state index in [-0.39, 0.29) is 23.1 Å². The molecule has 1 amide bonds. The monoisotopic (exact) mass is 456 g/mol. The number of nitrogens with zero attached hydrogens (tertiary/aromatic N) is 4. The molecule has 1 fully saturated rings. The van der Waals surface area contributed by atoms with Crippen molar-refractivity contribution in [3.63, 3.8) is 0 Å². The van der Waals surface area contributed by atoms with Gasteiger partial charge in [0.15, 0.2) is 11.6 Å². The highest BCUT2D eigenvalue weighted by Crippen LogP contribution is 2.29. The number of amides is 1. The summed E-state index contributed by atoms with van der Waals surface area (Å²) >= 11 is 0. The van der Waals surface area contributed by atoms with Crippen molar-refractivity contribution < 1.29 is 24.0 Å². The van der Waals surface area contributed by atoms with Gasteiger partial charge in [0.25, 0.3) is 5.69 Å². The topological polar surface area (TPSA) is 109 Å². The zero-order valence-corrected chi connectivity index (χ0v) is 18.6. The van der Waals surface area contributed by atoms with E-state index < -0.39 is 22.4 Å². The molecule has 2 aromatic rings. The molecule has 0 unspecified atom stereocenters. The van der Waals surface area contributed by atoms with Crippen molar-refractivity contribution >= 4 is 11.8 Å². The van der Waals surface area contributed by atoms with E-state index in [9.17, 15) is 24.4 Å². The van der Waals surface area contributed by atoms with Crippen LogP contribution in [0.25, 0.3) is 0 Å². The van der Waals surface area contributed by atoms with Gasteiger partial charge in [-0.3, -0.25) is 20.0 Å². The number of carbonyl (C=O) groups is 1. The fourth-order valence-corrected chi connectivity index (χ4v) is 3.43. The molecular formula is C23H25FN4O5. The van der Waals surface area contributed by atoms with Crippen LogP contribution in [0.4, 0.5) is 14.9 Å². The maximum absolute atomic E-state index is 14.2. The maximum Gasteiger partial charge on any atom is 0.407 e. The van der Waals surface area contributed by atoms with Gasteiger partial charge in [-0.25, -0.2) is 9.18 Å². The summed E-state index contributed by atoms with van der Waals surface area (Å²) in [4.78, 5) is 29.1. The van der Waals surface area contributed by atoms with Crippen LogP contribution < -0.4 is 4.74 Å². The van der Waals surface area contributed by atoms with E-state index in [0.717, 1.165) is 25.2 Å². The van der Waals surface area contributed by atoms with Gasteiger partial charge in [0, 0.05) is 55.6 Å².